The van der Waals surface area contributed by atoms with E-state index in [0.717, 1.165) is 6.42 Å². The molecule has 0 saturated carbocycles. The second-order valence-electron chi connectivity index (χ2n) is 7.99. The molecule has 0 spiro atoms. The molecule has 0 aliphatic heterocycles. The first-order valence-corrected chi connectivity index (χ1v) is 12.9. The molecule has 1 nitrogen and oxygen atoms in total. The SMILES string of the molecule is CC(C)C[C@@H]([C@@](C)(C=O)Sc1ccccc1)[Si](C)(C)c1ccccc1. The van der Waals surface area contributed by atoms with Crippen molar-refractivity contribution in [3.63, 3.8) is 0 Å². The molecule has 134 valence electrons. The van der Waals surface area contributed by atoms with Gasteiger partial charge < -0.3 is 4.79 Å². The van der Waals surface area contributed by atoms with Crippen molar-refractivity contribution in [1.82, 2.24) is 0 Å². The second-order valence-corrected chi connectivity index (χ2v) is 14.3. The van der Waals surface area contributed by atoms with Crippen LogP contribution in [-0.2, 0) is 4.79 Å². The molecule has 2 aromatic rings. The van der Waals surface area contributed by atoms with Gasteiger partial charge in [-0.1, -0.05) is 80.7 Å². The summed E-state index contributed by atoms with van der Waals surface area (Å²) in [5.74, 6) is 0.566. The average Bonchev–Trinajstić information content (AvgIpc) is 2.61. The molecular formula is C22H30OSSi. The molecule has 0 heterocycles. The first-order chi connectivity index (χ1) is 11.8. The molecule has 3 heteroatoms. The van der Waals surface area contributed by atoms with Gasteiger partial charge in [0.25, 0.3) is 0 Å². The number of rotatable bonds is 8. The maximum atomic E-state index is 12.3. The van der Waals surface area contributed by atoms with Gasteiger partial charge in [-0.3, -0.25) is 0 Å². The Kier molecular flexibility index (Phi) is 6.70. The van der Waals surface area contributed by atoms with Gasteiger partial charge in [-0.15, -0.1) is 11.8 Å². The number of hydrogen-bond donors (Lipinski definition) is 0. The summed E-state index contributed by atoms with van der Waals surface area (Å²) in [6.45, 7) is 11.5. The molecule has 0 fully saturated rings. The third-order valence-corrected chi connectivity index (χ3v) is 11.0. The predicted octanol–water partition coefficient (Wildman–Crippen LogP) is 5.77. The summed E-state index contributed by atoms with van der Waals surface area (Å²) < 4.78 is -0.419. The topological polar surface area (TPSA) is 17.1 Å². The van der Waals surface area contributed by atoms with Gasteiger partial charge in [-0.05, 0) is 36.9 Å². The van der Waals surface area contributed by atoms with E-state index in [2.05, 4.69) is 76.3 Å². The number of carbonyl (C=O) groups excluding carboxylic acids is 1. The smallest absolute Gasteiger partial charge is 0.136 e. The highest BCUT2D eigenvalue weighted by Gasteiger charge is 2.46. The molecule has 2 aromatic carbocycles. The lowest BCUT2D eigenvalue weighted by Crippen LogP contribution is -2.53. The quantitative estimate of drug-likeness (QED) is 0.333. The monoisotopic (exact) mass is 370 g/mol. The lowest BCUT2D eigenvalue weighted by Gasteiger charge is -2.43. The van der Waals surface area contributed by atoms with E-state index in [1.165, 1.54) is 16.4 Å². The Labute approximate surface area is 158 Å². The van der Waals surface area contributed by atoms with Crippen LogP contribution in [0.4, 0.5) is 0 Å². The van der Waals surface area contributed by atoms with Crippen LogP contribution in [0.3, 0.4) is 0 Å². The Bertz CT molecular complexity index is 669. The first-order valence-electron chi connectivity index (χ1n) is 9.05. The minimum Gasteiger partial charge on any atom is -0.302 e. The Morgan fingerprint density at radius 2 is 1.52 bits per heavy atom. The fourth-order valence-electron chi connectivity index (χ4n) is 3.71. The Morgan fingerprint density at radius 3 is 2.00 bits per heavy atom. The molecular weight excluding hydrogens is 340 g/mol. The lowest BCUT2D eigenvalue weighted by molar-refractivity contribution is -0.109. The van der Waals surface area contributed by atoms with Crippen LogP contribution in [0, 0.1) is 5.92 Å². The number of carbonyl (C=O) groups is 1. The van der Waals surface area contributed by atoms with E-state index in [-0.39, 0.29) is 0 Å². The molecule has 0 bridgehead atoms. The number of aldehydes is 1. The molecule has 0 unspecified atom stereocenters. The van der Waals surface area contributed by atoms with Crippen molar-refractivity contribution in [2.24, 2.45) is 5.92 Å². The van der Waals surface area contributed by atoms with Gasteiger partial charge in [0, 0.05) is 4.90 Å². The number of thioether (sulfide) groups is 1. The van der Waals surface area contributed by atoms with Crippen molar-refractivity contribution in [3.05, 3.63) is 60.7 Å². The van der Waals surface area contributed by atoms with Gasteiger partial charge in [-0.2, -0.15) is 0 Å². The van der Waals surface area contributed by atoms with E-state index in [1.54, 1.807) is 11.8 Å². The molecule has 2 rings (SSSR count). The van der Waals surface area contributed by atoms with Crippen molar-refractivity contribution in [3.8, 4) is 0 Å². The fraction of sp³-hybridized carbons (Fsp3) is 0.409. The first kappa shape index (κ1) is 20.0. The maximum Gasteiger partial charge on any atom is 0.136 e. The Hall–Kier alpha value is -1.32. The van der Waals surface area contributed by atoms with Crippen molar-refractivity contribution in [1.29, 1.82) is 0 Å². The van der Waals surface area contributed by atoms with Gasteiger partial charge in [0.1, 0.15) is 6.29 Å². The largest absolute Gasteiger partial charge is 0.302 e. The Morgan fingerprint density at radius 1 is 1.00 bits per heavy atom. The summed E-state index contributed by atoms with van der Waals surface area (Å²) in [6.07, 6.45) is 2.28. The van der Waals surface area contributed by atoms with Crippen LogP contribution in [0.2, 0.25) is 18.6 Å². The number of benzene rings is 2. The highest BCUT2D eigenvalue weighted by atomic mass is 32.2. The number of hydrogen-bond acceptors (Lipinski definition) is 2. The van der Waals surface area contributed by atoms with E-state index >= 15 is 0 Å². The lowest BCUT2D eigenvalue weighted by atomic mass is 9.98. The summed E-state index contributed by atoms with van der Waals surface area (Å²) in [7, 11) is -1.83. The molecule has 0 saturated heterocycles. The zero-order chi connectivity index (χ0) is 18.5. The van der Waals surface area contributed by atoms with Crippen molar-refractivity contribution < 1.29 is 4.79 Å². The normalized spacial score (nSPS) is 15.6. The van der Waals surface area contributed by atoms with Gasteiger partial charge in [0.05, 0.1) is 12.8 Å². The molecule has 2 atom stereocenters. The molecule has 25 heavy (non-hydrogen) atoms. The second kappa shape index (κ2) is 8.37. The van der Waals surface area contributed by atoms with Crippen molar-refractivity contribution in [2.75, 3.05) is 0 Å². The molecule has 0 amide bonds. The van der Waals surface area contributed by atoms with Crippen LogP contribution in [0.1, 0.15) is 27.2 Å². The van der Waals surface area contributed by atoms with Gasteiger partial charge in [-0.25, -0.2) is 0 Å². The van der Waals surface area contributed by atoms with Gasteiger partial charge >= 0.3 is 0 Å². The highest BCUT2D eigenvalue weighted by molar-refractivity contribution is 8.01. The van der Waals surface area contributed by atoms with Crippen LogP contribution in [0.5, 0.6) is 0 Å². The zero-order valence-corrected chi connectivity index (χ0v) is 17.8. The minimum atomic E-state index is -1.83. The van der Waals surface area contributed by atoms with Crippen LogP contribution >= 0.6 is 11.8 Å². The Balaban J connectivity index is 2.44. The molecule has 0 aliphatic carbocycles. The highest BCUT2D eigenvalue weighted by Crippen LogP contribution is 2.47. The maximum absolute atomic E-state index is 12.3. The minimum absolute atomic E-state index is 0.366. The van der Waals surface area contributed by atoms with Gasteiger partial charge in [0.2, 0.25) is 0 Å². The van der Waals surface area contributed by atoms with Crippen LogP contribution in [0.25, 0.3) is 0 Å². The summed E-state index contributed by atoms with van der Waals surface area (Å²) in [5.41, 5.74) is 0.366. The van der Waals surface area contributed by atoms with Gasteiger partial charge in [0.15, 0.2) is 0 Å². The van der Waals surface area contributed by atoms with E-state index in [0.29, 0.717) is 11.5 Å². The van der Waals surface area contributed by atoms with Crippen molar-refractivity contribution >= 4 is 31.3 Å². The molecule has 0 aromatic heterocycles. The third kappa shape index (κ3) is 4.86. The van der Waals surface area contributed by atoms with Crippen LogP contribution in [-0.4, -0.2) is 19.1 Å². The van der Waals surface area contributed by atoms with E-state index in [1.807, 2.05) is 18.2 Å². The third-order valence-electron chi connectivity index (χ3n) is 5.10. The van der Waals surface area contributed by atoms with Crippen molar-refractivity contribution in [2.45, 2.75) is 55.5 Å². The summed E-state index contributed by atoms with van der Waals surface area (Å²) >= 11 is 1.73. The molecule has 0 N–H and O–H groups in total. The summed E-state index contributed by atoms with van der Waals surface area (Å²) in [5, 5.41) is 1.43. The summed E-state index contributed by atoms with van der Waals surface area (Å²) in [6, 6.07) is 21.1. The molecule has 0 aliphatic rings. The standard InChI is InChI=1S/C22H30OSSi/c1-18(2)16-21(25(4,5)20-14-10-7-11-15-20)22(3,17-23)24-19-12-8-6-9-13-19/h6-15,17-18,21H,16H2,1-5H3/t21-,22+/m0/s1. The molecule has 0 radical (unpaired) electrons. The summed E-state index contributed by atoms with van der Waals surface area (Å²) in [4.78, 5) is 13.5. The predicted molar refractivity (Wildman–Crippen MR) is 114 cm³/mol. The van der Waals surface area contributed by atoms with E-state index < -0.39 is 12.8 Å². The van der Waals surface area contributed by atoms with Crippen LogP contribution < -0.4 is 5.19 Å². The van der Waals surface area contributed by atoms with Crippen LogP contribution in [0.15, 0.2) is 65.6 Å². The van der Waals surface area contributed by atoms with E-state index in [4.69, 9.17) is 0 Å². The average molecular weight is 371 g/mol. The zero-order valence-electron chi connectivity index (χ0n) is 16.0. The fourth-order valence-corrected chi connectivity index (χ4v) is 9.87. The van der Waals surface area contributed by atoms with E-state index in [9.17, 15) is 4.79 Å².